The van der Waals surface area contributed by atoms with Gasteiger partial charge in [-0.1, -0.05) is 0 Å². The van der Waals surface area contributed by atoms with E-state index in [9.17, 15) is 0 Å². The number of aromatic amines is 1. The molecule has 1 N–H and O–H groups in total. The number of pyridine rings is 3. The maximum absolute atomic E-state index is 6.02. The summed E-state index contributed by atoms with van der Waals surface area (Å²) in [4.78, 5) is 8.98. The van der Waals surface area contributed by atoms with E-state index in [0.29, 0.717) is 0 Å². The van der Waals surface area contributed by atoms with Gasteiger partial charge in [0.25, 0.3) is 17.2 Å². The van der Waals surface area contributed by atoms with E-state index in [1.54, 1.807) is 17.2 Å². The van der Waals surface area contributed by atoms with Gasteiger partial charge in [0.05, 0.1) is 33.1 Å². The molecule has 6 aromatic heterocycles. The predicted molar refractivity (Wildman–Crippen MR) is 94.8 cm³/mol. The van der Waals surface area contributed by atoms with Gasteiger partial charge in [-0.15, -0.1) is 4.57 Å². The van der Waals surface area contributed by atoms with Gasteiger partial charge in [-0.05, 0) is 6.07 Å². The van der Waals surface area contributed by atoms with Crippen molar-refractivity contribution in [2.75, 3.05) is 0 Å². The number of hydrogen-bond acceptors (Lipinski definition) is 3. The van der Waals surface area contributed by atoms with E-state index < -0.39 is 0 Å². The molecular weight excluding hydrogens is 342 g/mol. The molecule has 0 radical (unpaired) electrons. The van der Waals surface area contributed by atoms with Crippen molar-refractivity contribution in [1.29, 1.82) is 0 Å². The van der Waals surface area contributed by atoms with Crippen molar-refractivity contribution in [3.05, 3.63) is 79.9 Å². The molecule has 0 unspecified atom stereocenters. The molecule has 6 rings (SSSR count). The minimum atomic E-state index is 0.754. The first-order valence-corrected chi connectivity index (χ1v) is 8.53. The lowest BCUT2D eigenvalue weighted by Crippen LogP contribution is -2.64. The molecule has 27 heavy (non-hydrogen) atoms. The van der Waals surface area contributed by atoms with Gasteiger partial charge in [-0.25, -0.2) is 0 Å². The van der Waals surface area contributed by atoms with Crippen LogP contribution in [0.25, 0.3) is 38.7 Å². The summed E-state index contributed by atoms with van der Waals surface area (Å²) in [6, 6.07) is 9.84. The first kappa shape index (κ1) is 14.2. The quantitative estimate of drug-likeness (QED) is 0.484. The van der Waals surface area contributed by atoms with Gasteiger partial charge in [-0.2, -0.15) is 4.52 Å². The van der Waals surface area contributed by atoms with E-state index in [-0.39, 0.29) is 0 Å². The number of fused-ring (bicyclic) bond motifs is 3. The van der Waals surface area contributed by atoms with Crippen molar-refractivity contribution < 1.29 is 23.0 Å². The van der Waals surface area contributed by atoms with Crippen molar-refractivity contribution in [1.82, 2.24) is 9.97 Å². The summed E-state index contributed by atoms with van der Waals surface area (Å²) in [5, 5.41) is 3.04. The lowest BCUT2D eigenvalue weighted by molar-refractivity contribution is -1.36. The Labute approximate surface area is 152 Å². The van der Waals surface area contributed by atoms with E-state index in [1.807, 2.05) is 76.8 Å². The highest BCUT2D eigenvalue weighted by molar-refractivity contribution is 5.78. The molecule has 7 heteroatoms. The third kappa shape index (κ3) is 2.22. The molecule has 0 aliphatic carbocycles. The smallest absolute Gasteiger partial charge is 0.379 e. The fourth-order valence-corrected chi connectivity index (χ4v) is 3.29. The van der Waals surface area contributed by atoms with Crippen LogP contribution in [-0.4, -0.2) is 9.97 Å². The number of furan rings is 1. The van der Waals surface area contributed by atoms with Crippen molar-refractivity contribution in [3.8, 4) is 5.88 Å². The normalized spacial score (nSPS) is 11.7. The minimum Gasteiger partial charge on any atom is -0.404 e. The Hall–Kier alpha value is -4.00. The van der Waals surface area contributed by atoms with Gasteiger partial charge in [0, 0.05) is 30.7 Å². The molecule has 0 aliphatic rings. The fourth-order valence-electron chi connectivity index (χ4n) is 3.29. The monoisotopic (exact) mass is 356 g/mol. The predicted octanol–water partition coefficient (Wildman–Crippen LogP) is 2.22. The fraction of sp³-hybridized carbons (Fsp3) is 0. The highest BCUT2D eigenvalue weighted by Crippen LogP contribution is 2.18. The van der Waals surface area contributed by atoms with E-state index >= 15 is 0 Å². The summed E-state index contributed by atoms with van der Waals surface area (Å²) in [6.45, 7) is 0. The van der Waals surface area contributed by atoms with Crippen LogP contribution in [0.3, 0.4) is 0 Å². The molecule has 6 aromatic rings. The number of nitrogens with zero attached hydrogens (tertiary/aromatic N) is 4. The highest BCUT2D eigenvalue weighted by atomic mass is 16.5. The summed E-state index contributed by atoms with van der Waals surface area (Å²) in [7, 11) is 0. The van der Waals surface area contributed by atoms with Gasteiger partial charge in [0.2, 0.25) is 5.58 Å². The minimum absolute atomic E-state index is 0.754. The third-order valence-electron chi connectivity index (χ3n) is 4.65. The summed E-state index contributed by atoms with van der Waals surface area (Å²) in [5.41, 5.74) is 2.68. The van der Waals surface area contributed by atoms with Gasteiger partial charge >= 0.3 is 12.1 Å². The molecular formula is C20H14N5O2+3. The molecule has 0 saturated heterocycles. The molecule has 0 atom stereocenters. The van der Waals surface area contributed by atoms with Crippen LogP contribution >= 0.6 is 0 Å². The molecule has 0 spiro atoms. The van der Waals surface area contributed by atoms with Crippen molar-refractivity contribution in [3.63, 3.8) is 0 Å². The van der Waals surface area contributed by atoms with E-state index in [2.05, 4.69) is 9.97 Å². The molecule has 0 saturated carbocycles. The Morgan fingerprint density at radius 1 is 0.889 bits per heavy atom. The van der Waals surface area contributed by atoms with E-state index in [0.717, 1.165) is 38.7 Å². The SMILES string of the molecule is c1cc2o[n+](-[n+]3ccc4oc(-[n+]5ccc6[nH]ccc6c5)cc4c3)cc2cn1. The molecule has 0 aliphatic heterocycles. The van der Waals surface area contributed by atoms with Crippen LogP contribution in [0.1, 0.15) is 0 Å². The van der Waals surface area contributed by atoms with Crippen LogP contribution in [0.5, 0.6) is 0 Å². The molecule has 0 fully saturated rings. The van der Waals surface area contributed by atoms with Crippen molar-refractivity contribution >= 4 is 32.8 Å². The maximum Gasteiger partial charge on any atom is 0.379 e. The summed E-state index contributed by atoms with van der Waals surface area (Å²) in [5.74, 6) is 0.754. The summed E-state index contributed by atoms with van der Waals surface area (Å²) in [6.07, 6.45) is 15.2. The lowest BCUT2D eigenvalue weighted by atomic mass is 10.3. The molecule has 0 bridgehead atoms. The Kier molecular flexibility index (Phi) is 2.76. The second kappa shape index (κ2) is 5.25. The van der Waals surface area contributed by atoms with Gasteiger partial charge < -0.3 is 9.40 Å². The number of rotatable bonds is 2. The number of nitrogens with one attached hydrogen (secondary N) is 1. The standard InChI is InChI=1S/C20H13N5O2/c1-6-22-17-3-7-23(11-14(1)17)20-9-15-12-24(8-4-18(15)26-20)25-13-16-10-21-5-2-19(16)27-25/h1-13H/q+2/p+1. The van der Waals surface area contributed by atoms with Crippen molar-refractivity contribution in [2.24, 2.45) is 0 Å². The number of hydrogen-bond donors (Lipinski definition) is 1. The zero-order valence-corrected chi connectivity index (χ0v) is 14.1. The topological polar surface area (TPSA) is 66.6 Å². The average molecular weight is 356 g/mol. The van der Waals surface area contributed by atoms with Gasteiger partial charge in [0.15, 0.2) is 18.0 Å². The number of H-pyrrole nitrogens is 1. The lowest BCUT2D eigenvalue weighted by Gasteiger charge is -1.90. The highest BCUT2D eigenvalue weighted by Gasteiger charge is 2.23. The van der Waals surface area contributed by atoms with Crippen LogP contribution in [0.4, 0.5) is 0 Å². The first-order valence-electron chi connectivity index (χ1n) is 8.53. The molecule has 7 nitrogen and oxygen atoms in total. The summed E-state index contributed by atoms with van der Waals surface area (Å²) < 4.78 is 15.7. The van der Waals surface area contributed by atoms with Crippen LogP contribution in [0, 0.1) is 0 Å². The Bertz CT molecular complexity index is 1410. The van der Waals surface area contributed by atoms with Crippen molar-refractivity contribution in [2.45, 2.75) is 0 Å². The van der Waals surface area contributed by atoms with Crippen LogP contribution in [0.15, 0.2) is 88.8 Å². The second-order valence-electron chi connectivity index (χ2n) is 6.36. The third-order valence-corrected chi connectivity index (χ3v) is 4.65. The summed E-state index contributed by atoms with van der Waals surface area (Å²) >= 11 is 0. The largest absolute Gasteiger partial charge is 0.404 e. The maximum atomic E-state index is 6.02. The molecule has 128 valence electrons. The Morgan fingerprint density at radius 3 is 2.85 bits per heavy atom. The average Bonchev–Trinajstić information content (AvgIpc) is 3.42. The number of aromatic nitrogens is 5. The van der Waals surface area contributed by atoms with Crippen LogP contribution in [0.2, 0.25) is 0 Å². The molecule has 6 heterocycles. The first-order chi connectivity index (χ1) is 13.3. The molecule has 0 amide bonds. The van der Waals surface area contributed by atoms with Crippen LogP contribution in [-0.2, 0) is 0 Å². The van der Waals surface area contributed by atoms with E-state index in [1.165, 1.54) is 0 Å². The Morgan fingerprint density at radius 2 is 1.89 bits per heavy atom. The second-order valence-corrected chi connectivity index (χ2v) is 6.36. The zero-order chi connectivity index (χ0) is 17.8. The molecule has 0 aromatic carbocycles. The zero-order valence-electron chi connectivity index (χ0n) is 14.1. The Balaban J connectivity index is 1.46. The van der Waals surface area contributed by atoms with E-state index in [4.69, 9.17) is 8.94 Å². The van der Waals surface area contributed by atoms with Crippen LogP contribution < -0.4 is 14.1 Å². The van der Waals surface area contributed by atoms with Gasteiger partial charge in [0.1, 0.15) is 5.39 Å². The van der Waals surface area contributed by atoms with Gasteiger partial charge in [-0.3, -0.25) is 4.98 Å².